The van der Waals surface area contributed by atoms with Gasteiger partial charge in [-0.3, -0.25) is 4.99 Å². The second-order valence-corrected chi connectivity index (χ2v) is 3.69. The highest BCUT2D eigenvalue weighted by Crippen LogP contribution is 2.15. The number of hydrogen-bond donors (Lipinski definition) is 1. The average molecular weight is 206 g/mol. The van der Waals surface area contributed by atoms with Crippen molar-refractivity contribution in [3.63, 3.8) is 0 Å². The minimum absolute atomic E-state index is 0.103. The van der Waals surface area contributed by atoms with Crippen LogP contribution >= 0.6 is 0 Å². The van der Waals surface area contributed by atoms with Crippen LogP contribution in [-0.2, 0) is 0 Å². The third kappa shape index (κ3) is 3.36. The van der Waals surface area contributed by atoms with E-state index in [4.69, 9.17) is 5.11 Å². The van der Waals surface area contributed by atoms with Gasteiger partial charge < -0.3 is 10.0 Å². The summed E-state index contributed by atoms with van der Waals surface area (Å²) in [6, 6.07) is 6.24. The van der Waals surface area contributed by atoms with E-state index in [0.717, 1.165) is 5.56 Å². The van der Waals surface area contributed by atoms with Crippen LogP contribution < -0.4 is 4.90 Å². The molecule has 0 radical (unpaired) electrons. The van der Waals surface area contributed by atoms with Crippen molar-refractivity contribution in [2.24, 2.45) is 4.99 Å². The highest BCUT2D eigenvalue weighted by Gasteiger charge is 1.98. The molecular formula is C12H18N2O. The molecule has 0 bridgehead atoms. The molecule has 0 unspecified atom stereocenters. The van der Waals surface area contributed by atoms with Gasteiger partial charge >= 0.3 is 0 Å². The Kier molecular flexibility index (Phi) is 4.31. The minimum Gasteiger partial charge on any atom is -0.394 e. The standard InChI is InChI=1S/C12H18N2O/c1-10-8-12(14(2)3)5-4-11(10)9-13-6-7-15/h4-5,8-9,15H,6-7H2,1-3H3/b13-9+. The van der Waals surface area contributed by atoms with Crippen molar-refractivity contribution in [1.29, 1.82) is 0 Å². The van der Waals surface area contributed by atoms with Gasteiger partial charge in [-0.25, -0.2) is 0 Å². The van der Waals surface area contributed by atoms with Crippen LogP contribution in [0.2, 0.25) is 0 Å². The van der Waals surface area contributed by atoms with Gasteiger partial charge in [-0.1, -0.05) is 6.07 Å². The monoisotopic (exact) mass is 206 g/mol. The Morgan fingerprint density at radius 2 is 2.13 bits per heavy atom. The third-order valence-corrected chi connectivity index (χ3v) is 2.23. The van der Waals surface area contributed by atoms with E-state index in [1.165, 1.54) is 11.3 Å². The molecule has 3 nitrogen and oxygen atoms in total. The summed E-state index contributed by atoms with van der Waals surface area (Å²) < 4.78 is 0. The predicted octanol–water partition coefficient (Wildman–Crippen LogP) is 1.47. The van der Waals surface area contributed by atoms with Crippen LogP contribution in [0.5, 0.6) is 0 Å². The van der Waals surface area contributed by atoms with E-state index in [1.807, 2.05) is 26.4 Å². The molecule has 3 heteroatoms. The first-order valence-corrected chi connectivity index (χ1v) is 5.04. The van der Waals surface area contributed by atoms with E-state index < -0.39 is 0 Å². The lowest BCUT2D eigenvalue weighted by Gasteiger charge is -2.13. The normalized spacial score (nSPS) is 10.9. The van der Waals surface area contributed by atoms with Gasteiger partial charge in [-0.2, -0.15) is 0 Å². The quantitative estimate of drug-likeness (QED) is 0.757. The average Bonchev–Trinajstić information content (AvgIpc) is 2.20. The minimum atomic E-state index is 0.103. The van der Waals surface area contributed by atoms with Crippen LogP contribution in [0.15, 0.2) is 23.2 Å². The van der Waals surface area contributed by atoms with E-state index in [2.05, 4.69) is 28.9 Å². The van der Waals surface area contributed by atoms with Crippen molar-refractivity contribution in [2.45, 2.75) is 6.92 Å². The van der Waals surface area contributed by atoms with Gasteiger partial charge in [0, 0.05) is 26.0 Å². The van der Waals surface area contributed by atoms with E-state index in [9.17, 15) is 0 Å². The van der Waals surface area contributed by atoms with Crippen molar-refractivity contribution < 1.29 is 5.11 Å². The van der Waals surface area contributed by atoms with Crippen molar-refractivity contribution in [1.82, 2.24) is 0 Å². The fourth-order valence-electron chi connectivity index (χ4n) is 1.30. The molecule has 15 heavy (non-hydrogen) atoms. The van der Waals surface area contributed by atoms with E-state index >= 15 is 0 Å². The zero-order chi connectivity index (χ0) is 11.3. The molecule has 1 N–H and O–H groups in total. The van der Waals surface area contributed by atoms with Crippen LogP contribution in [-0.4, -0.2) is 38.6 Å². The van der Waals surface area contributed by atoms with Crippen LogP contribution in [0.1, 0.15) is 11.1 Å². The van der Waals surface area contributed by atoms with Crippen molar-refractivity contribution >= 4 is 11.9 Å². The van der Waals surface area contributed by atoms with Crippen molar-refractivity contribution in [3.8, 4) is 0 Å². The fourth-order valence-corrected chi connectivity index (χ4v) is 1.30. The Hall–Kier alpha value is -1.35. The molecule has 0 saturated heterocycles. The smallest absolute Gasteiger partial charge is 0.0626 e. The molecule has 0 aromatic heterocycles. The van der Waals surface area contributed by atoms with Crippen molar-refractivity contribution in [2.75, 3.05) is 32.1 Å². The summed E-state index contributed by atoms with van der Waals surface area (Å²) in [5, 5.41) is 8.61. The summed E-state index contributed by atoms with van der Waals surface area (Å²) in [7, 11) is 4.04. The van der Waals surface area contributed by atoms with Crippen LogP contribution in [0.25, 0.3) is 0 Å². The van der Waals surface area contributed by atoms with Gasteiger partial charge in [-0.15, -0.1) is 0 Å². The third-order valence-electron chi connectivity index (χ3n) is 2.23. The molecule has 0 atom stereocenters. The summed E-state index contributed by atoms with van der Waals surface area (Å²) in [6.07, 6.45) is 1.81. The number of hydrogen-bond acceptors (Lipinski definition) is 3. The Morgan fingerprint density at radius 1 is 1.40 bits per heavy atom. The van der Waals surface area contributed by atoms with Gasteiger partial charge in [0.15, 0.2) is 0 Å². The van der Waals surface area contributed by atoms with Crippen LogP contribution in [0, 0.1) is 6.92 Å². The predicted molar refractivity (Wildman–Crippen MR) is 65.1 cm³/mol. The Bertz CT molecular complexity index is 345. The molecule has 0 fully saturated rings. The second-order valence-electron chi connectivity index (χ2n) is 3.69. The lowest BCUT2D eigenvalue weighted by atomic mass is 10.1. The number of aryl methyl sites for hydroxylation is 1. The zero-order valence-corrected chi connectivity index (χ0v) is 9.57. The Labute approximate surface area is 91.1 Å². The summed E-state index contributed by atoms with van der Waals surface area (Å²) >= 11 is 0. The zero-order valence-electron chi connectivity index (χ0n) is 9.57. The summed E-state index contributed by atoms with van der Waals surface area (Å²) in [4.78, 5) is 6.18. The van der Waals surface area contributed by atoms with Gasteiger partial charge in [-0.05, 0) is 30.2 Å². The molecule has 0 aliphatic rings. The van der Waals surface area contributed by atoms with Crippen molar-refractivity contribution in [3.05, 3.63) is 29.3 Å². The maximum Gasteiger partial charge on any atom is 0.0626 e. The molecular weight excluding hydrogens is 188 g/mol. The molecule has 0 aliphatic carbocycles. The number of nitrogens with zero attached hydrogens (tertiary/aromatic N) is 2. The maximum atomic E-state index is 8.61. The first-order chi connectivity index (χ1) is 7.15. The molecule has 82 valence electrons. The molecule has 0 heterocycles. The summed E-state index contributed by atoms with van der Waals surface area (Å²) in [6.45, 7) is 2.63. The number of benzene rings is 1. The van der Waals surface area contributed by atoms with Gasteiger partial charge in [0.05, 0.1) is 13.2 Å². The molecule has 0 aliphatic heterocycles. The van der Waals surface area contributed by atoms with Crippen LogP contribution in [0.4, 0.5) is 5.69 Å². The van der Waals surface area contributed by atoms with E-state index in [-0.39, 0.29) is 6.61 Å². The lowest BCUT2D eigenvalue weighted by molar-refractivity contribution is 0.307. The molecule has 1 rings (SSSR count). The SMILES string of the molecule is Cc1cc(N(C)C)ccc1/C=N/CCO. The maximum absolute atomic E-state index is 8.61. The molecule has 0 amide bonds. The first-order valence-electron chi connectivity index (χ1n) is 5.04. The fraction of sp³-hybridized carbons (Fsp3) is 0.417. The number of anilines is 1. The van der Waals surface area contributed by atoms with Gasteiger partial charge in [0.25, 0.3) is 0 Å². The molecule has 1 aromatic rings. The van der Waals surface area contributed by atoms with Crippen LogP contribution in [0.3, 0.4) is 0 Å². The number of aliphatic hydroxyl groups excluding tert-OH is 1. The largest absolute Gasteiger partial charge is 0.394 e. The Balaban J connectivity index is 2.83. The second kappa shape index (κ2) is 5.51. The van der Waals surface area contributed by atoms with E-state index in [1.54, 1.807) is 0 Å². The lowest BCUT2D eigenvalue weighted by Crippen LogP contribution is -2.08. The molecule has 0 spiro atoms. The topological polar surface area (TPSA) is 35.8 Å². The number of aliphatic hydroxyl groups is 1. The first kappa shape index (κ1) is 11.7. The van der Waals surface area contributed by atoms with Gasteiger partial charge in [0.2, 0.25) is 0 Å². The number of aliphatic imine (C=N–C) groups is 1. The van der Waals surface area contributed by atoms with Gasteiger partial charge in [0.1, 0.15) is 0 Å². The summed E-state index contributed by atoms with van der Waals surface area (Å²) in [5.41, 5.74) is 3.49. The molecule has 0 saturated carbocycles. The Morgan fingerprint density at radius 3 is 2.67 bits per heavy atom. The molecule has 1 aromatic carbocycles. The highest BCUT2D eigenvalue weighted by atomic mass is 16.3. The number of rotatable bonds is 4. The highest BCUT2D eigenvalue weighted by molar-refractivity contribution is 5.82. The van der Waals surface area contributed by atoms with E-state index in [0.29, 0.717) is 6.54 Å². The summed E-state index contributed by atoms with van der Waals surface area (Å²) in [5.74, 6) is 0.